The Hall–Kier alpha value is -2.69. The molecular formula is C22H27NO4. The van der Waals surface area contributed by atoms with E-state index in [1.54, 1.807) is 14.2 Å². The Morgan fingerprint density at radius 2 is 1.96 bits per heavy atom. The van der Waals surface area contributed by atoms with Crippen LogP contribution in [-0.4, -0.2) is 25.7 Å². The van der Waals surface area contributed by atoms with E-state index in [9.17, 15) is 4.79 Å². The molecule has 3 rings (SSSR count). The van der Waals surface area contributed by atoms with E-state index in [0.717, 1.165) is 33.9 Å². The third-order valence-corrected chi connectivity index (χ3v) is 4.83. The number of aryl methyl sites for hydroxylation is 1. The lowest BCUT2D eigenvalue weighted by Gasteiger charge is -2.38. The van der Waals surface area contributed by atoms with E-state index in [1.807, 2.05) is 57.2 Å². The van der Waals surface area contributed by atoms with E-state index in [2.05, 4.69) is 5.32 Å². The number of amides is 1. The lowest BCUT2D eigenvalue weighted by molar-refractivity contribution is -0.121. The number of methoxy groups -OCH3 is 2. The van der Waals surface area contributed by atoms with Gasteiger partial charge >= 0.3 is 0 Å². The van der Waals surface area contributed by atoms with Crippen molar-refractivity contribution in [3.05, 3.63) is 53.1 Å². The molecule has 5 heteroatoms. The highest BCUT2D eigenvalue weighted by Gasteiger charge is 2.34. The van der Waals surface area contributed by atoms with Crippen molar-refractivity contribution in [2.75, 3.05) is 14.2 Å². The average molecular weight is 369 g/mol. The summed E-state index contributed by atoms with van der Waals surface area (Å²) < 4.78 is 16.7. The van der Waals surface area contributed by atoms with Gasteiger partial charge in [-0.15, -0.1) is 0 Å². The van der Waals surface area contributed by atoms with Gasteiger partial charge in [0.05, 0.1) is 26.7 Å². The summed E-state index contributed by atoms with van der Waals surface area (Å²) in [6, 6.07) is 11.4. The molecule has 5 nitrogen and oxygen atoms in total. The molecule has 0 saturated carbocycles. The largest absolute Gasteiger partial charge is 0.497 e. The van der Waals surface area contributed by atoms with Crippen molar-refractivity contribution in [3.8, 4) is 17.2 Å². The van der Waals surface area contributed by atoms with Gasteiger partial charge in [-0.3, -0.25) is 4.79 Å². The number of fused-ring (bicyclic) bond motifs is 1. The van der Waals surface area contributed by atoms with Gasteiger partial charge in [-0.05, 0) is 56.2 Å². The lowest BCUT2D eigenvalue weighted by Crippen LogP contribution is -2.41. The number of benzene rings is 2. The number of carbonyl (C=O) groups is 1. The van der Waals surface area contributed by atoms with Crippen molar-refractivity contribution in [1.29, 1.82) is 0 Å². The van der Waals surface area contributed by atoms with Crippen LogP contribution in [0.15, 0.2) is 36.4 Å². The molecule has 0 fully saturated rings. The summed E-state index contributed by atoms with van der Waals surface area (Å²) in [6.45, 7) is 6.04. The predicted molar refractivity (Wildman–Crippen MR) is 105 cm³/mol. The topological polar surface area (TPSA) is 56.8 Å². The first-order valence-corrected chi connectivity index (χ1v) is 9.11. The fraction of sp³-hybridized carbons (Fsp3) is 0.409. The Morgan fingerprint density at radius 1 is 1.19 bits per heavy atom. The fourth-order valence-corrected chi connectivity index (χ4v) is 3.57. The molecule has 0 spiro atoms. The molecule has 0 bridgehead atoms. The van der Waals surface area contributed by atoms with E-state index >= 15 is 0 Å². The first kappa shape index (κ1) is 19.1. The second-order valence-electron chi connectivity index (χ2n) is 7.57. The van der Waals surface area contributed by atoms with Crippen LogP contribution in [0.3, 0.4) is 0 Å². The SMILES string of the molecule is COc1ccc2c(c1)[C@@H](NC(=O)Cc1ccc(OC)c(C)c1)CC(C)(C)O2. The summed E-state index contributed by atoms with van der Waals surface area (Å²) >= 11 is 0. The van der Waals surface area contributed by atoms with Crippen molar-refractivity contribution in [2.45, 2.75) is 45.3 Å². The molecule has 27 heavy (non-hydrogen) atoms. The molecule has 0 unspecified atom stereocenters. The van der Waals surface area contributed by atoms with Gasteiger partial charge in [-0.25, -0.2) is 0 Å². The Morgan fingerprint density at radius 3 is 2.63 bits per heavy atom. The van der Waals surface area contributed by atoms with Gasteiger partial charge in [-0.1, -0.05) is 12.1 Å². The lowest BCUT2D eigenvalue weighted by atomic mass is 9.89. The number of hydrogen-bond acceptors (Lipinski definition) is 4. The standard InChI is InChI=1S/C22H27NO4/c1-14-10-15(6-8-19(14)26-5)11-21(24)23-18-13-22(2,3)27-20-9-7-16(25-4)12-17(18)20/h6-10,12,18H,11,13H2,1-5H3,(H,23,24)/t18-/m0/s1. The second-order valence-corrected chi connectivity index (χ2v) is 7.57. The zero-order valence-corrected chi connectivity index (χ0v) is 16.6. The van der Waals surface area contributed by atoms with Crippen LogP contribution < -0.4 is 19.5 Å². The minimum atomic E-state index is -0.351. The van der Waals surface area contributed by atoms with E-state index in [0.29, 0.717) is 12.8 Å². The van der Waals surface area contributed by atoms with Crippen LogP contribution in [-0.2, 0) is 11.2 Å². The summed E-state index contributed by atoms with van der Waals surface area (Å²) in [7, 11) is 3.28. The van der Waals surface area contributed by atoms with Crippen molar-refractivity contribution in [2.24, 2.45) is 0 Å². The number of rotatable bonds is 5. The Labute approximate surface area is 160 Å². The van der Waals surface area contributed by atoms with Gasteiger partial charge in [0.1, 0.15) is 22.8 Å². The van der Waals surface area contributed by atoms with Gasteiger partial charge in [0.15, 0.2) is 0 Å². The maximum absolute atomic E-state index is 12.7. The van der Waals surface area contributed by atoms with Crippen LogP contribution in [0.4, 0.5) is 0 Å². The van der Waals surface area contributed by atoms with E-state index in [-0.39, 0.29) is 17.6 Å². The number of ether oxygens (including phenoxy) is 3. The van der Waals surface area contributed by atoms with Crippen molar-refractivity contribution < 1.29 is 19.0 Å². The summed E-state index contributed by atoms with van der Waals surface area (Å²) in [5, 5.41) is 3.17. The molecule has 2 aromatic carbocycles. The zero-order valence-electron chi connectivity index (χ0n) is 16.6. The molecule has 2 aromatic rings. The van der Waals surface area contributed by atoms with Gasteiger partial charge in [0.2, 0.25) is 5.91 Å². The molecule has 0 aromatic heterocycles. The maximum Gasteiger partial charge on any atom is 0.224 e. The Kier molecular flexibility index (Phi) is 5.31. The summed E-state index contributed by atoms with van der Waals surface area (Å²) in [5.74, 6) is 2.35. The van der Waals surface area contributed by atoms with Crippen molar-refractivity contribution >= 4 is 5.91 Å². The molecule has 1 atom stereocenters. The van der Waals surface area contributed by atoms with E-state index < -0.39 is 0 Å². The fourth-order valence-electron chi connectivity index (χ4n) is 3.57. The molecule has 1 aliphatic rings. The van der Waals surface area contributed by atoms with Crippen LogP contribution >= 0.6 is 0 Å². The summed E-state index contributed by atoms with van der Waals surface area (Å²) in [4.78, 5) is 12.7. The monoisotopic (exact) mass is 369 g/mol. The highest BCUT2D eigenvalue weighted by atomic mass is 16.5. The molecule has 1 aliphatic heterocycles. The van der Waals surface area contributed by atoms with Gasteiger partial charge in [0.25, 0.3) is 0 Å². The third kappa shape index (κ3) is 4.35. The zero-order chi connectivity index (χ0) is 19.6. The van der Waals surface area contributed by atoms with Crippen LogP contribution in [0, 0.1) is 6.92 Å². The van der Waals surface area contributed by atoms with E-state index in [1.165, 1.54) is 0 Å². The molecule has 1 heterocycles. The summed E-state index contributed by atoms with van der Waals surface area (Å²) in [5.41, 5.74) is 2.58. The van der Waals surface area contributed by atoms with Crippen LogP contribution in [0.1, 0.15) is 43.0 Å². The van der Waals surface area contributed by atoms with Gasteiger partial charge < -0.3 is 19.5 Å². The molecule has 0 saturated heterocycles. The molecule has 144 valence electrons. The quantitative estimate of drug-likeness (QED) is 0.866. The number of hydrogen-bond donors (Lipinski definition) is 1. The van der Waals surface area contributed by atoms with Gasteiger partial charge in [-0.2, -0.15) is 0 Å². The summed E-state index contributed by atoms with van der Waals surface area (Å²) in [6.07, 6.45) is 1.02. The molecule has 1 N–H and O–H groups in total. The van der Waals surface area contributed by atoms with Crippen molar-refractivity contribution in [1.82, 2.24) is 5.32 Å². The van der Waals surface area contributed by atoms with Crippen molar-refractivity contribution in [3.63, 3.8) is 0 Å². The normalized spacial score (nSPS) is 17.4. The molecule has 1 amide bonds. The predicted octanol–water partition coefficient (Wildman–Crippen LogP) is 3.97. The highest BCUT2D eigenvalue weighted by molar-refractivity contribution is 5.79. The average Bonchev–Trinajstić information content (AvgIpc) is 2.60. The van der Waals surface area contributed by atoms with Crippen LogP contribution in [0.2, 0.25) is 0 Å². The van der Waals surface area contributed by atoms with Crippen LogP contribution in [0.25, 0.3) is 0 Å². The first-order chi connectivity index (χ1) is 12.8. The van der Waals surface area contributed by atoms with Crippen LogP contribution in [0.5, 0.6) is 17.2 Å². The Bertz CT molecular complexity index is 844. The second kappa shape index (κ2) is 7.51. The number of carbonyl (C=O) groups excluding carboxylic acids is 1. The minimum Gasteiger partial charge on any atom is -0.497 e. The number of nitrogens with one attached hydrogen (secondary N) is 1. The smallest absolute Gasteiger partial charge is 0.224 e. The third-order valence-electron chi connectivity index (χ3n) is 4.83. The molecular weight excluding hydrogens is 342 g/mol. The highest BCUT2D eigenvalue weighted by Crippen LogP contribution is 2.41. The molecule has 0 radical (unpaired) electrons. The maximum atomic E-state index is 12.7. The van der Waals surface area contributed by atoms with Gasteiger partial charge in [0, 0.05) is 12.0 Å². The van der Waals surface area contributed by atoms with E-state index in [4.69, 9.17) is 14.2 Å². The molecule has 0 aliphatic carbocycles. The first-order valence-electron chi connectivity index (χ1n) is 9.11. The Balaban J connectivity index is 1.78. The minimum absolute atomic E-state index is 0.0176.